The molecule has 0 bridgehead atoms. The van der Waals surface area contributed by atoms with Crippen LogP contribution < -0.4 is 0 Å². The smallest absolute Gasteiger partial charge is 0.0532 e. The average Bonchev–Trinajstić information content (AvgIpc) is 2.15. The van der Waals surface area contributed by atoms with Crippen LogP contribution in [0.5, 0.6) is 0 Å². The maximum Gasteiger partial charge on any atom is 0.0532 e. The van der Waals surface area contributed by atoms with Crippen molar-refractivity contribution in [2.75, 3.05) is 0 Å². The molecule has 0 N–H and O–H groups in total. The van der Waals surface area contributed by atoms with E-state index < -0.39 is 0 Å². The number of nitrogens with zero attached hydrogens (tertiary/aromatic N) is 1. The summed E-state index contributed by atoms with van der Waals surface area (Å²) in [7, 11) is 0. The lowest BCUT2D eigenvalue weighted by atomic mass is 10.1. The summed E-state index contributed by atoms with van der Waals surface area (Å²) in [5.41, 5.74) is 1.21. The van der Waals surface area contributed by atoms with Crippen molar-refractivity contribution in [2.24, 2.45) is 0 Å². The van der Waals surface area contributed by atoms with E-state index in [9.17, 15) is 0 Å². The zero-order chi connectivity index (χ0) is 8.81. The van der Waals surface area contributed by atoms with E-state index in [0.29, 0.717) is 3.92 Å². The Morgan fingerprint density at radius 1 is 1.50 bits per heavy atom. The van der Waals surface area contributed by atoms with Crippen LogP contribution in [0.4, 0.5) is 0 Å². The van der Waals surface area contributed by atoms with Gasteiger partial charge in [0.2, 0.25) is 0 Å². The van der Waals surface area contributed by atoms with E-state index >= 15 is 0 Å². The van der Waals surface area contributed by atoms with Crippen LogP contribution in [-0.4, -0.2) is 4.98 Å². The van der Waals surface area contributed by atoms with Crippen LogP contribution in [0.15, 0.2) is 24.4 Å². The number of aromatic nitrogens is 1. The van der Waals surface area contributed by atoms with Crippen LogP contribution in [0.3, 0.4) is 0 Å². The molecule has 0 aromatic carbocycles. The fraction of sp³-hybridized carbons (Fsp3) is 0.500. The van der Waals surface area contributed by atoms with Gasteiger partial charge in [-0.1, -0.05) is 48.4 Å². The standard InChI is InChI=1S/C10H14IN/c1-2-3-6-9(11)10-7-4-5-8-12-10/h4-5,7-9H,2-3,6H2,1H3. The number of alkyl halides is 1. The van der Waals surface area contributed by atoms with E-state index in [-0.39, 0.29) is 0 Å². The molecule has 66 valence electrons. The zero-order valence-corrected chi connectivity index (χ0v) is 9.49. The predicted molar refractivity (Wildman–Crippen MR) is 60.5 cm³/mol. The zero-order valence-electron chi connectivity index (χ0n) is 7.33. The Kier molecular flexibility index (Phi) is 4.58. The molecule has 0 aliphatic carbocycles. The van der Waals surface area contributed by atoms with Crippen LogP contribution in [-0.2, 0) is 0 Å². The number of unbranched alkanes of at least 4 members (excludes halogenated alkanes) is 1. The lowest BCUT2D eigenvalue weighted by molar-refractivity contribution is 0.710. The number of rotatable bonds is 4. The molecule has 1 rings (SSSR count). The van der Waals surface area contributed by atoms with Gasteiger partial charge in [-0.3, -0.25) is 4.98 Å². The second-order valence-electron chi connectivity index (χ2n) is 2.86. The molecule has 1 heterocycles. The fourth-order valence-electron chi connectivity index (χ4n) is 1.09. The number of pyridine rings is 1. The molecular formula is C10H14IN. The van der Waals surface area contributed by atoms with E-state index in [0.717, 1.165) is 0 Å². The Morgan fingerprint density at radius 3 is 2.92 bits per heavy atom. The first-order chi connectivity index (χ1) is 5.84. The molecular weight excluding hydrogens is 261 g/mol. The highest BCUT2D eigenvalue weighted by Crippen LogP contribution is 2.26. The summed E-state index contributed by atoms with van der Waals surface area (Å²) in [6.07, 6.45) is 5.68. The molecule has 0 amide bonds. The number of hydrogen-bond donors (Lipinski definition) is 0. The first-order valence-corrected chi connectivity index (χ1v) is 5.64. The largest absolute Gasteiger partial charge is 0.260 e. The van der Waals surface area contributed by atoms with Gasteiger partial charge in [0.15, 0.2) is 0 Å². The summed E-state index contributed by atoms with van der Waals surface area (Å²) < 4.78 is 0.587. The maximum absolute atomic E-state index is 4.32. The van der Waals surface area contributed by atoms with Crippen LogP contribution in [0.2, 0.25) is 0 Å². The summed E-state index contributed by atoms with van der Waals surface area (Å²) in [5.74, 6) is 0. The predicted octanol–water partition coefficient (Wildman–Crippen LogP) is 3.75. The Morgan fingerprint density at radius 2 is 2.33 bits per heavy atom. The lowest BCUT2D eigenvalue weighted by Gasteiger charge is -2.07. The van der Waals surface area contributed by atoms with Gasteiger partial charge in [-0.15, -0.1) is 0 Å². The Bertz CT molecular complexity index is 210. The molecule has 0 saturated carbocycles. The van der Waals surface area contributed by atoms with Gasteiger partial charge in [0.1, 0.15) is 0 Å². The normalized spacial score (nSPS) is 12.8. The van der Waals surface area contributed by atoms with E-state index in [1.54, 1.807) is 0 Å². The molecule has 1 unspecified atom stereocenters. The molecule has 0 fully saturated rings. The molecule has 0 aliphatic rings. The minimum atomic E-state index is 0.587. The SMILES string of the molecule is CCCCC(I)c1ccccn1. The van der Waals surface area contributed by atoms with E-state index in [1.165, 1.54) is 25.0 Å². The van der Waals surface area contributed by atoms with Crippen molar-refractivity contribution in [3.8, 4) is 0 Å². The molecule has 1 nitrogen and oxygen atoms in total. The van der Waals surface area contributed by atoms with Gasteiger partial charge in [-0.2, -0.15) is 0 Å². The average molecular weight is 275 g/mol. The van der Waals surface area contributed by atoms with Crippen molar-refractivity contribution < 1.29 is 0 Å². The van der Waals surface area contributed by atoms with Gasteiger partial charge < -0.3 is 0 Å². The highest BCUT2D eigenvalue weighted by atomic mass is 127. The number of hydrogen-bond acceptors (Lipinski definition) is 1. The molecule has 0 aliphatic heterocycles. The fourth-order valence-corrected chi connectivity index (χ4v) is 1.90. The van der Waals surface area contributed by atoms with Crippen molar-refractivity contribution in [1.29, 1.82) is 0 Å². The third kappa shape index (κ3) is 3.09. The Labute approximate surface area is 87.7 Å². The van der Waals surface area contributed by atoms with Gasteiger partial charge in [-0.05, 0) is 18.6 Å². The highest BCUT2D eigenvalue weighted by Gasteiger charge is 2.05. The van der Waals surface area contributed by atoms with Crippen LogP contribution >= 0.6 is 22.6 Å². The molecule has 0 radical (unpaired) electrons. The lowest BCUT2D eigenvalue weighted by Crippen LogP contribution is -1.92. The quantitative estimate of drug-likeness (QED) is 0.602. The maximum atomic E-state index is 4.32. The first-order valence-electron chi connectivity index (χ1n) is 4.39. The summed E-state index contributed by atoms with van der Waals surface area (Å²) in [4.78, 5) is 4.32. The van der Waals surface area contributed by atoms with Gasteiger partial charge in [0.25, 0.3) is 0 Å². The van der Waals surface area contributed by atoms with E-state index in [1.807, 2.05) is 12.3 Å². The van der Waals surface area contributed by atoms with Crippen molar-refractivity contribution in [2.45, 2.75) is 30.1 Å². The van der Waals surface area contributed by atoms with E-state index in [2.05, 4.69) is 46.6 Å². The van der Waals surface area contributed by atoms with Crippen LogP contribution in [0, 0.1) is 0 Å². The molecule has 1 atom stereocenters. The molecule has 2 heteroatoms. The molecule has 0 saturated heterocycles. The Balaban J connectivity index is 2.48. The van der Waals surface area contributed by atoms with Crippen molar-refractivity contribution in [1.82, 2.24) is 4.98 Å². The minimum absolute atomic E-state index is 0.587. The minimum Gasteiger partial charge on any atom is -0.260 e. The second kappa shape index (κ2) is 5.51. The van der Waals surface area contributed by atoms with Gasteiger partial charge >= 0.3 is 0 Å². The third-order valence-corrected chi connectivity index (χ3v) is 3.08. The Hall–Kier alpha value is -0.120. The van der Waals surface area contributed by atoms with Crippen molar-refractivity contribution in [3.63, 3.8) is 0 Å². The van der Waals surface area contributed by atoms with Crippen molar-refractivity contribution >= 4 is 22.6 Å². The highest BCUT2D eigenvalue weighted by molar-refractivity contribution is 14.1. The van der Waals surface area contributed by atoms with E-state index in [4.69, 9.17) is 0 Å². The first kappa shape index (κ1) is 9.96. The summed E-state index contributed by atoms with van der Waals surface area (Å²) in [5, 5.41) is 0. The summed E-state index contributed by atoms with van der Waals surface area (Å²) in [6.45, 7) is 2.22. The topological polar surface area (TPSA) is 12.9 Å². The van der Waals surface area contributed by atoms with Crippen molar-refractivity contribution in [3.05, 3.63) is 30.1 Å². The van der Waals surface area contributed by atoms with Gasteiger partial charge in [0.05, 0.1) is 9.62 Å². The van der Waals surface area contributed by atoms with Gasteiger partial charge in [0, 0.05) is 6.20 Å². The summed E-state index contributed by atoms with van der Waals surface area (Å²) in [6, 6.07) is 6.12. The molecule has 1 aromatic heterocycles. The van der Waals surface area contributed by atoms with Crippen LogP contribution in [0.25, 0.3) is 0 Å². The van der Waals surface area contributed by atoms with Crippen LogP contribution in [0.1, 0.15) is 35.8 Å². The monoisotopic (exact) mass is 275 g/mol. The molecule has 0 spiro atoms. The number of halogens is 1. The summed E-state index contributed by atoms with van der Waals surface area (Å²) >= 11 is 2.47. The molecule has 12 heavy (non-hydrogen) atoms. The molecule has 1 aromatic rings. The third-order valence-electron chi connectivity index (χ3n) is 1.82. The van der Waals surface area contributed by atoms with Gasteiger partial charge in [-0.25, -0.2) is 0 Å². The second-order valence-corrected chi connectivity index (χ2v) is 4.37.